The van der Waals surface area contributed by atoms with E-state index in [9.17, 15) is 5.11 Å². The fourth-order valence-corrected chi connectivity index (χ4v) is 2.35. The first kappa shape index (κ1) is 13.7. The van der Waals surface area contributed by atoms with Gasteiger partial charge in [-0.2, -0.15) is 0 Å². The van der Waals surface area contributed by atoms with Crippen molar-refractivity contribution in [1.82, 2.24) is 0 Å². The fraction of sp³-hybridized carbons (Fsp3) is 0.846. The van der Waals surface area contributed by atoms with Crippen molar-refractivity contribution < 1.29 is 14.6 Å². The minimum absolute atomic E-state index is 0.229. The number of aliphatic hydroxyl groups excluding tert-OH is 1. The van der Waals surface area contributed by atoms with Gasteiger partial charge in [-0.1, -0.05) is 31.4 Å². The average Bonchev–Trinajstić information content (AvgIpc) is 2.35. The van der Waals surface area contributed by atoms with Crippen LogP contribution in [0.15, 0.2) is 12.2 Å². The third kappa shape index (κ3) is 4.24. The summed E-state index contributed by atoms with van der Waals surface area (Å²) in [6.07, 6.45) is 9.21. The lowest BCUT2D eigenvalue weighted by molar-refractivity contribution is -0.108. The second kappa shape index (κ2) is 7.82. The number of hydrogen-bond acceptors (Lipinski definition) is 3. The third-order valence-electron chi connectivity index (χ3n) is 3.23. The predicted molar refractivity (Wildman–Crippen MR) is 64.1 cm³/mol. The van der Waals surface area contributed by atoms with E-state index < -0.39 is 6.10 Å². The van der Waals surface area contributed by atoms with Gasteiger partial charge in [0.25, 0.3) is 0 Å². The van der Waals surface area contributed by atoms with Crippen molar-refractivity contribution in [1.29, 1.82) is 0 Å². The molecule has 0 radical (unpaired) electrons. The molecule has 0 saturated heterocycles. The molecule has 0 aromatic carbocycles. The summed E-state index contributed by atoms with van der Waals surface area (Å²) in [6, 6.07) is 0. The third-order valence-corrected chi connectivity index (χ3v) is 3.23. The van der Waals surface area contributed by atoms with Crippen LogP contribution >= 0.6 is 0 Å². The van der Waals surface area contributed by atoms with E-state index in [-0.39, 0.29) is 12.9 Å². The summed E-state index contributed by atoms with van der Waals surface area (Å²) in [4.78, 5) is 0. The monoisotopic (exact) mass is 228 g/mol. The van der Waals surface area contributed by atoms with Gasteiger partial charge in [-0.25, -0.2) is 0 Å². The Morgan fingerprint density at radius 2 is 2.00 bits per heavy atom. The van der Waals surface area contributed by atoms with Gasteiger partial charge >= 0.3 is 0 Å². The van der Waals surface area contributed by atoms with Gasteiger partial charge in [0.15, 0.2) is 0 Å². The second-order valence-electron chi connectivity index (χ2n) is 4.45. The number of aliphatic hydroxyl groups is 1. The molecule has 0 amide bonds. The van der Waals surface area contributed by atoms with Crippen molar-refractivity contribution in [3.8, 4) is 0 Å². The lowest BCUT2D eigenvalue weighted by Gasteiger charge is -2.30. The molecule has 0 bridgehead atoms. The highest BCUT2D eigenvalue weighted by Gasteiger charge is 2.27. The van der Waals surface area contributed by atoms with Gasteiger partial charge in [-0.3, -0.25) is 0 Å². The summed E-state index contributed by atoms with van der Waals surface area (Å²) in [5.74, 6) is 0.381. The normalized spacial score (nSPS) is 22.4. The molecular formula is C13H24O3. The first-order valence-corrected chi connectivity index (χ1v) is 6.21. The lowest BCUT2D eigenvalue weighted by Crippen LogP contribution is -2.35. The van der Waals surface area contributed by atoms with Crippen molar-refractivity contribution >= 4 is 0 Å². The highest BCUT2D eigenvalue weighted by Crippen LogP contribution is 2.28. The van der Waals surface area contributed by atoms with E-state index >= 15 is 0 Å². The molecule has 1 saturated carbocycles. The Kier molecular flexibility index (Phi) is 6.69. The highest BCUT2D eigenvalue weighted by molar-refractivity contribution is 4.94. The largest absolute Gasteiger partial charge is 0.390 e. The van der Waals surface area contributed by atoms with Gasteiger partial charge in [0.1, 0.15) is 12.9 Å². The van der Waals surface area contributed by atoms with Gasteiger partial charge in [-0.15, -0.1) is 0 Å². The molecule has 1 aliphatic rings. The minimum atomic E-state index is -0.397. The van der Waals surface area contributed by atoms with E-state index in [4.69, 9.17) is 9.47 Å². The van der Waals surface area contributed by atoms with Crippen LogP contribution in [0.2, 0.25) is 0 Å². The molecule has 1 aliphatic carbocycles. The first-order valence-electron chi connectivity index (χ1n) is 6.21. The smallest absolute Gasteiger partial charge is 0.147 e. The number of allylic oxidation sites excluding steroid dienone is 1. The summed E-state index contributed by atoms with van der Waals surface area (Å²) >= 11 is 0. The molecule has 2 atom stereocenters. The van der Waals surface area contributed by atoms with E-state index in [1.54, 1.807) is 7.11 Å². The standard InChI is InChI=1S/C13H24O3/c1-3-7-12(16-10-15-2)13(14)11-8-5-4-6-9-11/h3,7,11-14H,4-6,8-10H2,1-2H3/b7-3+/t12-,13+/m1/s1. The molecule has 94 valence electrons. The zero-order valence-electron chi connectivity index (χ0n) is 10.4. The van der Waals surface area contributed by atoms with Crippen molar-refractivity contribution in [2.24, 2.45) is 5.92 Å². The molecule has 0 spiro atoms. The SMILES string of the molecule is C/C=C/[C@@H](OCOC)[C@@H](O)C1CCCCC1. The number of ether oxygens (including phenoxy) is 2. The Morgan fingerprint density at radius 1 is 1.31 bits per heavy atom. The summed E-state index contributed by atoms with van der Waals surface area (Å²) in [5.41, 5.74) is 0. The van der Waals surface area contributed by atoms with Crippen LogP contribution in [0.1, 0.15) is 39.0 Å². The molecule has 1 N–H and O–H groups in total. The topological polar surface area (TPSA) is 38.7 Å². The van der Waals surface area contributed by atoms with Crippen LogP contribution in [0, 0.1) is 5.92 Å². The van der Waals surface area contributed by atoms with E-state index in [1.165, 1.54) is 19.3 Å². The van der Waals surface area contributed by atoms with Crippen LogP contribution in [0.4, 0.5) is 0 Å². The minimum Gasteiger partial charge on any atom is -0.390 e. The van der Waals surface area contributed by atoms with E-state index in [1.807, 2.05) is 19.1 Å². The van der Waals surface area contributed by atoms with Gasteiger partial charge in [-0.05, 0) is 25.7 Å². The van der Waals surface area contributed by atoms with Crippen LogP contribution in [0.5, 0.6) is 0 Å². The fourth-order valence-electron chi connectivity index (χ4n) is 2.35. The highest BCUT2D eigenvalue weighted by atomic mass is 16.7. The molecule has 0 heterocycles. The number of methoxy groups -OCH3 is 1. The van der Waals surface area contributed by atoms with Crippen LogP contribution in [0.25, 0.3) is 0 Å². The van der Waals surface area contributed by atoms with Crippen LogP contribution < -0.4 is 0 Å². The summed E-state index contributed by atoms with van der Waals surface area (Å²) in [5, 5.41) is 10.3. The molecule has 16 heavy (non-hydrogen) atoms. The van der Waals surface area contributed by atoms with Crippen molar-refractivity contribution in [2.45, 2.75) is 51.2 Å². The maximum atomic E-state index is 10.3. The van der Waals surface area contributed by atoms with Crippen LogP contribution in [0.3, 0.4) is 0 Å². The van der Waals surface area contributed by atoms with Crippen LogP contribution in [-0.2, 0) is 9.47 Å². The molecular weight excluding hydrogens is 204 g/mol. The molecule has 0 aromatic heterocycles. The Bertz CT molecular complexity index is 197. The maximum Gasteiger partial charge on any atom is 0.147 e. The van der Waals surface area contributed by atoms with E-state index in [2.05, 4.69) is 0 Å². The predicted octanol–water partition coefficient (Wildman–Crippen LogP) is 2.49. The molecule has 1 fully saturated rings. The quantitative estimate of drug-likeness (QED) is 0.561. The zero-order valence-corrected chi connectivity index (χ0v) is 10.4. The van der Waals surface area contributed by atoms with Gasteiger partial charge < -0.3 is 14.6 Å². The number of rotatable bonds is 6. The summed E-state index contributed by atoms with van der Waals surface area (Å²) < 4.78 is 10.4. The second-order valence-corrected chi connectivity index (χ2v) is 4.45. The van der Waals surface area contributed by atoms with E-state index in [0.29, 0.717) is 5.92 Å². The van der Waals surface area contributed by atoms with Crippen molar-refractivity contribution in [3.05, 3.63) is 12.2 Å². The zero-order chi connectivity index (χ0) is 11.8. The Labute approximate surface area is 98.4 Å². The Hall–Kier alpha value is -0.380. The molecule has 0 aliphatic heterocycles. The maximum absolute atomic E-state index is 10.3. The lowest BCUT2D eigenvalue weighted by atomic mass is 9.83. The summed E-state index contributed by atoms with van der Waals surface area (Å²) in [6.45, 7) is 2.18. The Balaban J connectivity index is 2.47. The van der Waals surface area contributed by atoms with Crippen LogP contribution in [-0.4, -0.2) is 31.2 Å². The molecule has 3 nitrogen and oxygen atoms in total. The van der Waals surface area contributed by atoms with E-state index in [0.717, 1.165) is 12.8 Å². The molecule has 1 rings (SSSR count). The molecule has 0 unspecified atom stereocenters. The van der Waals surface area contributed by atoms with Gasteiger partial charge in [0.05, 0.1) is 6.10 Å². The molecule has 0 aromatic rings. The average molecular weight is 228 g/mol. The first-order chi connectivity index (χ1) is 7.79. The van der Waals surface area contributed by atoms with Crippen molar-refractivity contribution in [3.63, 3.8) is 0 Å². The number of hydrogen-bond donors (Lipinski definition) is 1. The van der Waals surface area contributed by atoms with Gasteiger partial charge in [0, 0.05) is 7.11 Å². The van der Waals surface area contributed by atoms with Gasteiger partial charge in [0.2, 0.25) is 0 Å². The summed E-state index contributed by atoms with van der Waals surface area (Å²) in [7, 11) is 1.60. The van der Waals surface area contributed by atoms with Crippen molar-refractivity contribution in [2.75, 3.05) is 13.9 Å². The Morgan fingerprint density at radius 3 is 2.56 bits per heavy atom. The molecule has 3 heteroatoms.